The molecule has 1 heterocycles. The Morgan fingerprint density at radius 1 is 1.00 bits per heavy atom. The number of rotatable bonds is 7. The van der Waals surface area contributed by atoms with Crippen molar-refractivity contribution in [3.05, 3.63) is 82.7 Å². The van der Waals surface area contributed by atoms with E-state index in [1.807, 2.05) is 37.3 Å². The van der Waals surface area contributed by atoms with Gasteiger partial charge in [-0.1, -0.05) is 67.4 Å². The Bertz CT molecular complexity index is 923. The number of nitrogens with zero attached hydrogens (tertiary/aromatic N) is 2. The van der Waals surface area contributed by atoms with Gasteiger partial charge in [0, 0.05) is 36.3 Å². The van der Waals surface area contributed by atoms with Gasteiger partial charge >= 0.3 is 0 Å². The third-order valence-corrected chi connectivity index (χ3v) is 4.84. The van der Waals surface area contributed by atoms with Gasteiger partial charge in [-0.15, -0.1) is 0 Å². The molecule has 1 atom stereocenters. The fourth-order valence-electron chi connectivity index (χ4n) is 3.55. The van der Waals surface area contributed by atoms with Crippen LogP contribution in [0.3, 0.4) is 0 Å². The largest absolute Gasteiger partial charge is 0.400 e. The van der Waals surface area contributed by atoms with Gasteiger partial charge in [0.2, 0.25) is 0 Å². The van der Waals surface area contributed by atoms with Crippen LogP contribution in [0.4, 0.5) is 0 Å². The van der Waals surface area contributed by atoms with E-state index in [2.05, 4.69) is 38.1 Å². The van der Waals surface area contributed by atoms with Crippen LogP contribution < -0.4 is 0 Å². The first-order valence-electron chi connectivity index (χ1n) is 10.0. The highest BCUT2D eigenvalue weighted by atomic mass is 16.2. The normalized spacial score (nSPS) is 11.3. The summed E-state index contributed by atoms with van der Waals surface area (Å²) in [6.07, 6.45) is 3.52. The lowest BCUT2D eigenvalue weighted by molar-refractivity contribution is -0.109. The van der Waals surface area contributed by atoms with Crippen molar-refractivity contribution in [1.29, 1.82) is 0 Å². The monoisotopic (exact) mass is 390 g/mol. The molecule has 0 saturated carbocycles. The van der Waals surface area contributed by atoms with Crippen molar-refractivity contribution in [2.24, 2.45) is 0 Å². The van der Waals surface area contributed by atoms with Crippen molar-refractivity contribution in [1.82, 2.24) is 9.97 Å². The summed E-state index contributed by atoms with van der Waals surface area (Å²) in [5.41, 5.74) is 6.23. The second kappa shape index (κ2) is 11.2. The SMILES string of the molecule is CCCC(C=O)c1c(C)nc(-c2cccc(C)c2)nc1Cc1ccccc1.CO. The lowest BCUT2D eigenvalue weighted by Gasteiger charge is -2.18. The highest BCUT2D eigenvalue weighted by molar-refractivity contribution is 5.65. The number of carbonyl (C=O) groups is 1. The molecule has 0 amide bonds. The standard InChI is InChI=1S/C24H26N2O.CH4O/c1-4-9-21(16-27)23-18(3)25-24(20-13-8-10-17(2)14-20)26-22(23)15-19-11-6-5-7-12-19;1-2/h5-8,10-14,16,21H,4,9,15H2,1-3H3;2H,1H3. The second-order valence-electron chi connectivity index (χ2n) is 7.06. The summed E-state index contributed by atoms with van der Waals surface area (Å²) in [7, 11) is 1.00. The predicted octanol–water partition coefficient (Wildman–Crippen LogP) is 5.04. The summed E-state index contributed by atoms with van der Waals surface area (Å²) < 4.78 is 0. The maximum atomic E-state index is 11.8. The summed E-state index contributed by atoms with van der Waals surface area (Å²) >= 11 is 0. The van der Waals surface area contributed by atoms with Crippen LogP contribution in [-0.2, 0) is 11.2 Å². The molecule has 3 aromatic rings. The Hall–Kier alpha value is -2.85. The van der Waals surface area contributed by atoms with E-state index < -0.39 is 0 Å². The molecule has 1 aromatic heterocycles. The molecule has 4 nitrogen and oxygen atoms in total. The summed E-state index contributed by atoms with van der Waals surface area (Å²) in [6.45, 7) is 6.17. The molecule has 0 fully saturated rings. The van der Waals surface area contributed by atoms with Crippen LogP contribution in [-0.4, -0.2) is 28.5 Å². The van der Waals surface area contributed by atoms with Gasteiger partial charge in [-0.05, 0) is 31.9 Å². The number of aldehydes is 1. The van der Waals surface area contributed by atoms with Crippen LogP contribution in [0.2, 0.25) is 0 Å². The van der Waals surface area contributed by atoms with E-state index in [0.717, 1.165) is 54.6 Å². The second-order valence-corrected chi connectivity index (χ2v) is 7.06. The van der Waals surface area contributed by atoms with Crippen LogP contribution in [0.15, 0.2) is 54.6 Å². The van der Waals surface area contributed by atoms with Crippen LogP contribution in [0, 0.1) is 13.8 Å². The van der Waals surface area contributed by atoms with Crippen LogP contribution in [0.5, 0.6) is 0 Å². The topological polar surface area (TPSA) is 63.1 Å². The number of hydrogen-bond donors (Lipinski definition) is 1. The molecular formula is C25H30N2O2. The van der Waals surface area contributed by atoms with Crippen molar-refractivity contribution < 1.29 is 9.90 Å². The minimum Gasteiger partial charge on any atom is -0.400 e. The van der Waals surface area contributed by atoms with Crippen molar-refractivity contribution in [2.75, 3.05) is 7.11 Å². The number of hydrogen-bond acceptors (Lipinski definition) is 4. The van der Waals surface area contributed by atoms with Crippen molar-refractivity contribution in [3.8, 4) is 11.4 Å². The van der Waals surface area contributed by atoms with E-state index in [9.17, 15) is 4.79 Å². The molecule has 0 aliphatic heterocycles. The first kappa shape index (κ1) is 22.4. The first-order chi connectivity index (χ1) is 14.1. The zero-order valence-corrected chi connectivity index (χ0v) is 17.7. The van der Waals surface area contributed by atoms with Crippen molar-refractivity contribution in [3.63, 3.8) is 0 Å². The molecule has 0 aliphatic rings. The zero-order valence-electron chi connectivity index (χ0n) is 17.7. The summed E-state index contributed by atoms with van der Waals surface area (Å²) in [6, 6.07) is 18.5. The average molecular weight is 391 g/mol. The summed E-state index contributed by atoms with van der Waals surface area (Å²) in [5.74, 6) is 0.576. The molecule has 1 N–H and O–H groups in total. The highest BCUT2D eigenvalue weighted by Crippen LogP contribution is 2.29. The van der Waals surface area contributed by atoms with E-state index in [1.54, 1.807) is 0 Å². The number of carbonyl (C=O) groups excluding carboxylic acids is 1. The Morgan fingerprint density at radius 3 is 2.34 bits per heavy atom. The van der Waals surface area contributed by atoms with Gasteiger partial charge in [0.05, 0.1) is 5.69 Å². The van der Waals surface area contributed by atoms with E-state index >= 15 is 0 Å². The van der Waals surface area contributed by atoms with E-state index in [4.69, 9.17) is 15.1 Å². The third-order valence-electron chi connectivity index (χ3n) is 4.84. The Morgan fingerprint density at radius 2 is 1.72 bits per heavy atom. The molecule has 0 bridgehead atoms. The molecule has 2 aromatic carbocycles. The fraction of sp³-hybridized carbons (Fsp3) is 0.320. The predicted molar refractivity (Wildman–Crippen MR) is 118 cm³/mol. The molecule has 0 saturated heterocycles. The maximum Gasteiger partial charge on any atom is 0.159 e. The lowest BCUT2D eigenvalue weighted by Crippen LogP contribution is -2.12. The summed E-state index contributed by atoms with van der Waals surface area (Å²) in [5, 5.41) is 7.00. The number of aromatic nitrogens is 2. The molecule has 3 rings (SSSR count). The molecule has 0 spiro atoms. The number of aliphatic hydroxyl groups is 1. The van der Waals surface area contributed by atoms with Gasteiger partial charge in [-0.25, -0.2) is 9.97 Å². The minimum atomic E-state index is -0.153. The molecule has 29 heavy (non-hydrogen) atoms. The lowest BCUT2D eigenvalue weighted by atomic mass is 9.90. The highest BCUT2D eigenvalue weighted by Gasteiger charge is 2.21. The molecular weight excluding hydrogens is 360 g/mol. The third kappa shape index (κ3) is 5.81. The molecule has 0 radical (unpaired) electrons. The van der Waals surface area contributed by atoms with E-state index in [1.165, 1.54) is 11.1 Å². The number of aliphatic hydroxyl groups excluding tert-OH is 1. The van der Waals surface area contributed by atoms with Crippen molar-refractivity contribution in [2.45, 2.75) is 46.0 Å². The summed E-state index contributed by atoms with van der Waals surface area (Å²) in [4.78, 5) is 21.5. The Labute approximate surface area is 173 Å². The van der Waals surface area contributed by atoms with Gasteiger partial charge in [0.15, 0.2) is 5.82 Å². The van der Waals surface area contributed by atoms with E-state index in [0.29, 0.717) is 6.42 Å². The Balaban J connectivity index is 0.00000145. The smallest absolute Gasteiger partial charge is 0.159 e. The van der Waals surface area contributed by atoms with Gasteiger partial charge in [0.1, 0.15) is 6.29 Å². The fourth-order valence-corrected chi connectivity index (χ4v) is 3.55. The Kier molecular flexibility index (Phi) is 8.68. The van der Waals surface area contributed by atoms with Crippen LogP contribution >= 0.6 is 0 Å². The van der Waals surface area contributed by atoms with Crippen molar-refractivity contribution >= 4 is 6.29 Å². The van der Waals surface area contributed by atoms with Crippen LogP contribution in [0.25, 0.3) is 11.4 Å². The minimum absolute atomic E-state index is 0.153. The average Bonchev–Trinajstić information content (AvgIpc) is 2.74. The number of benzene rings is 2. The molecule has 152 valence electrons. The quantitative estimate of drug-likeness (QED) is 0.574. The van der Waals surface area contributed by atoms with E-state index in [-0.39, 0.29) is 5.92 Å². The molecule has 0 aliphatic carbocycles. The number of aryl methyl sites for hydroxylation is 2. The van der Waals surface area contributed by atoms with Crippen LogP contribution in [0.1, 0.15) is 53.8 Å². The molecule has 4 heteroatoms. The maximum absolute atomic E-state index is 11.8. The molecule has 1 unspecified atom stereocenters. The van der Waals surface area contributed by atoms with Gasteiger partial charge in [-0.3, -0.25) is 0 Å². The van der Waals surface area contributed by atoms with Gasteiger partial charge < -0.3 is 9.90 Å². The van der Waals surface area contributed by atoms with Gasteiger partial charge in [-0.2, -0.15) is 0 Å². The first-order valence-corrected chi connectivity index (χ1v) is 10.0. The van der Waals surface area contributed by atoms with Gasteiger partial charge in [0.25, 0.3) is 0 Å². The zero-order chi connectivity index (χ0) is 21.2.